The van der Waals surface area contributed by atoms with Crippen LogP contribution in [0.1, 0.15) is 60.4 Å². The van der Waals surface area contributed by atoms with E-state index in [-0.39, 0.29) is 18.4 Å². The van der Waals surface area contributed by atoms with Crippen LogP contribution >= 0.6 is 11.6 Å². The summed E-state index contributed by atoms with van der Waals surface area (Å²) in [5.41, 5.74) is 2.12. The monoisotopic (exact) mass is 580 g/mol. The number of fused-ring (bicyclic) bond motifs is 2. The number of carbonyl (C=O) groups is 2. The number of nitrogens with zero attached hydrogens (tertiary/aromatic N) is 1. The first-order valence-corrected chi connectivity index (χ1v) is 15.5. The molecule has 2 N–H and O–H groups in total. The first-order valence-electron chi connectivity index (χ1n) is 14.0. The first kappa shape index (κ1) is 30.0. The van der Waals surface area contributed by atoms with Crippen LogP contribution in [0.2, 0.25) is 5.02 Å². The quantitative estimate of drug-likeness (QED) is 0.314. The fourth-order valence-corrected chi connectivity index (χ4v) is 6.82. The number of carbonyl (C=O) groups excluding carboxylic acids is 2. The predicted octanol–water partition coefficient (Wildman–Crippen LogP) is 4.98. The van der Waals surface area contributed by atoms with E-state index in [1.54, 1.807) is 58.3 Å². The van der Waals surface area contributed by atoms with Gasteiger partial charge in [-0.15, -0.1) is 0 Å². The molecule has 8 heteroatoms. The normalized spacial score (nSPS) is 14.8. The third-order valence-corrected chi connectivity index (χ3v) is 8.63. The summed E-state index contributed by atoms with van der Waals surface area (Å²) >= 11 is 6.22. The maximum Gasteiger partial charge on any atom is 0.259 e. The van der Waals surface area contributed by atoms with E-state index in [4.69, 9.17) is 11.6 Å². The molecule has 1 atom stereocenters. The van der Waals surface area contributed by atoms with Gasteiger partial charge in [0.05, 0.1) is 58.0 Å². The minimum atomic E-state index is -1.58. The Morgan fingerprint density at radius 3 is 2.38 bits per heavy atom. The summed E-state index contributed by atoms with van der Waals surface area (Å²) in [6.07, 6.45) is 0.879. The summed E-state index contributed by atoms with van der Waals surface area (Å²) in [5.74, 6) is 0.771. The third-order valence-electron chi connectivity index (χ3n) is 6.89. The lowest BCUT2D eigenvalue weighted by Crippen LogP contribution is -3.13. The molecule has 0 aliphatic carbocycles. The lowest BCUT2D eigenvalue weighted by molar-refractivity contribution is -0.906. The summed E-state index contributed by atoms with van der Waals surface area (Å²) in [6, 6.07) is 19.4. The molecule has 3 aromatic rings. The molecule has 2 amide bonds. The highest BCUT2D eigenvalue weighted by molar-refractivity contribution is 7.85. The number of anilines is 1. The van der Waals surface area contributed by atoms with Crippen LogP contribution < -0.4 is 15.1 Å². The van der Waals surface area contributed by atoms with Gasteiger partial charge >= 0.3 is 0 Å². The number of benzene rings is 3. The van der Waals surface area contributed by atoms with Gasteiger partial charge < -0.3 is 15.1 Å². The molecular weight excluding hydrogens is 542 g/mol. The van der Waals surface area contributed by atoms with Crippen molar-refractivity contribution in [3.05, 3.63) is 88.4 Å². The van der Waals surface area contributed by atoms with Crippen LogP contribution in [0.4, 0.5) is 5.69 Å². The smallest absolute Gasteiger partial charge is 0.259 e. The molecule has 0 saturated heterocycles. The molecule has 0 radical (unpaired) electrons. The highest BCUT2D eigenvalue weighted by atomic mass is 35.5. The fourth-order valence-electron chi connectivity index (χ4n) is 5.26. The highest BCUT2D eigenvalue weighted by Gasteiger charge is 2.31. The van der Waals surface area contributed by atoms with Crippen molar-refractivity contribution in [1.82, 2.24) is 5.32 Å². The van der Waals surface area contributed by atoms with Crippen molar-refractivity contribution in [3.63, 3.8) is 0 Å². The van der Waals surface area contributed by atoms with Gasteiger partial charge in [-0.25, -0.2) is 4.21 Å². The van der Waals surface area contributed by atoms with E-state index >= 15 is 0 Å². The first-order chi connectivity index (χ1) is 19.1. The van der Waals surface area contributed by atoms with E-state index in [1.165, 1.54) is 0 Å². The van der Waals surface area contributed by atoms with Gasteiger partial charge in [0.1, 0.15) is 0 Å². The molecule has 0 saturated carbocycles. The van der Waals surface area contributed by atoms with E-state index in [1.807, 2.05) is 18.2 Å². The van der Waals surface area contributed by atoms with E-state index in [0.717, 1.165) is 31.6 Å². The van der Waals surface area contributed by atoms with E-state index in [2.05, 4.69) is 33.0 Å². The molecule has 212 valence electrons. The molecule has 0 aromatic heterocycles. The van der Waals surface area contributed by atoms with Crippen molar-refractivity contribution < 1.29 is 18.7 Å². The standard InChI is InChI=1S/C32H38ClN3O3S/c1-22(2)19-35(20-23(3)4)16-8-15-34-31(37)25-13-14-30-28(18-25)36(21-24-9-7-10-26(33)17-24)32(38)27-11-5-6-12-29(27)40(30)39/h5-7,9-14,17-18,22-23H,8,15-16,19-21H2,1-4H3,(H,34,37)/p+1. The molecule has 0 bridgehead atoms. The van der Waals surface area contributed by atoms with Crippen LogP contribution in [0.5, 0.6) is 0 Å². The van der Waals surface area contributed by atoms with Crippen molar-refractivity contribution in [3.8, 4) is 0 Å². The summed E-state index contributed by atoms with van der Waals surface area (Å²) in [5, 5.41) is 3.61. The molecule has 0 fully saturated rings. The fraction of sp³-hybridized carbons (Fsp3) is 0.375. The van der Waals surface area contributed by atoms with Crippen LogP contribution in [0.15, 0.2) is 76.5 Å². The Balaban J connectivity index is 1.56. The molecule has 1 unspecified atom stereocenters. The Bertz CT molecular complexity index is 1380. The molecule has 0 spiro atoms. The number of amides is 2. The van der Waals surface area contributed by atoms with Gasteiger partial charge in [0, 0.05) is 35.4 Å². The largest absolute Gasteiger partial charge is 0.352 e. The molecule has 40 heavy (non-hydrogen) atoms. The highest BCUT2D eigenvalue weighted by Crippen LogP contribution is 2.36. The number of hydrogen-bond donors (Lipinski definition) is 2. The van der Waals surface area contributed by atoms with Gasteiger partial charge in [-0.1, -0.05) is 63.6 Å². The zero-order valence-corrected chi connectivity index (χ0v) is 25.3. The molecule has 1 aliphatic rings. The van der Waals surface area contributed by atoms with Crippen molar-refractivity contribution >= 4 is 39.9 Å². The number of rotatable bonds is 11. The van der Waals surface area contributed by atoms with E-state index < -0.39 is 10.8 Å². The minimum Gasteiger partial charge on any atom is -0.352 e. The van der Waals surface area contributed by atoms with Crippen molar-refractivity contribution in [2.45, 2.75) is 50.5 Å². The zero-order valence-electron chi connectivity index (χ0n) is 23.7. The second kappa shape index (κ2) is 13.6. The van der Waals surface area contributed by atoms with E-state index in [0.29, 0.717) is 50.0 Å². The van der Waals surface area contributed by atoms with Gasteiger partial charge in [0.25, 0.3) is 11.8 Å². The van der Waals surface area contributed by atoms with Crippen LogP contribution in [0.25, 0.3) is 0 Å². The Morgan fingerprint density at radius 2 is 1.68 bits per heavy atom. The van der Waals surface area contributed by atoms with Gasteiger partial charge in [0.15, 0.2) is 0 Å². The van der Waals surface area contributed by atoms with Crippen LogP contribution in [0.3, 0.4) is 0 Å². The van der Waals surface area contributed by atoms with Gasteiger partial charge in [0.2, 0.25) is 0 Å². The van der Waals surface area contributed by atoms with Crippen LogP contribution in [-0.4, -0.2) is 42.2 Å². The number of nitrogens with one attached hydrogen (secondary N) is 2. The summed E-state index contributed by atoms with van der Waals surface area (Å²) in [7, 11) is -1.58. The van der Waals surface area contributed by atoms with Crippen molar-refractivity contribution in [1.29, 1.82) is 0 Å². The summed E-state index contributed by atoms with van der Waals surface area (Å²) < 4.78 is 13.6. The molecule has 3 aromatic carbocycles. The summed E-state index contributed by atoms with van der Waals surface area (Å²) in [4.78, 5) is 31.1. The number of quaternary nitrogens is 1. The Labute approximate surface area is 245 Å². The van der Waals surface area contributed by atoms with Gasteiger partial charge in [-0.2, -0.15) is 0 Å². The Hall–Kier alpha value is -3.00. The van der Waals surface area contributed by atoms with Crippen molar-refractivity contribution in [2.75, 3.05) is 31.1 Å². The lowest BCUT2D eigenvalue weighted by atomic mass is 10.1. The van der Waals surface area contributed by atoms with E-state index in [9.17, 15) is 13.8 Å². The number of halogens is 1. The Morgan fingerprint density at radius 1 is 0.950 bits per heavy atom. The topological polar surface area (TPSA) is 70.9 Å². The maximum absolute atomic E-state index is 13.8. The molecule has 4 rings (SSSR count). The molecule has 1 heterocycles. The predicted molar refractivity (Wildman–Crippen MR) is 162 cm³/mol. The summed E-state index contributed by atoms with van der Waals surface area (Å²) in [6.45, 7) is 13.0. The number of hydrogen-bond acceptors (Lipinski definition) is 3. The average Bonchev–Trinajstić information content (AvgIpc) is 2.99. The van der Waals surface area contributed by atoms with Crippen LogP contribution in [-0.2, 0) is 17.3 Å². The maximum atomic E-state index is 13.8. The average molecular weight is 581 g/mol. The minimum absolute atomic E-state index is 0.209. The molecule has 1 aliphatic heterocycles. The van der Waals surface area contributed by atoms with Crippen LogP contribution in [0, 0.1) is 11.8 Å². The van der Waals surface area contributed by atoms with Crippen molar-refractivity contribution in [2.24, 2.45) is 11.8 Å². The molecular formula is C32H39ClN3O3S+. The Kier molecular flexibility index (Phi) is 10.2. The SMILES string of the molecule is CC(C)C[NH+](CCCNC(=O)c1ccc2c(c1)N(Cc1cccc(Cl)c1)C(=O)c1ccccc1S2=O)CC(C)C. The van der Waals surface area contributed by atoms with Gasteiger partial charge in [-0.05, 0) is 48.0 Å². The second-order valence-corrected chi connectivity index (χ2v) is 13.1. The molecule has 6 nitrogen and oxygen atoms in total. The third kappa shape index (κ3) is 7.39. The second-order valence-electron chi connectivity index (χ2n) is 11.3. The zero-order chi connectivity index (χ0) is 28.8. The van der Waals surface area contributed by atoms with Gasteiger partial charge in [-0.3, -0.25) is 9.59 Å². The lowest BCUT2D eigenvalue weighted by Gasteiger charge is -2.24.